The van der Waals surface area contributed by atoms with Crippen LogP contribution in [0.2, 0.25) is 0 Å². The molecule has 0 bridgehead atoms. The molecule has 0 aliphatic carbocycles. The Morgan fingerprint density at radius 2 is 1.38 bits per heavy atom. The van der Waals surface area contributed by atoms with Crippen molar-refractivity contribution >= 4 is 17.3 Å². The summed E-state index contributed by atoms with van der Waals surface area (Å²) in [4.78, 5) is 29.6. The van der Waals surface area contributed by atoms with Gasteiger partial charge in [-0.05, 0) is 82.1 Å². The number of Topliss-reactive ketones (excluding diaryl/α,β-unsaturated/α-hetero) is 2. The lowest BCUT2D eigenvalue weighted by Crippen LogP contribution is -2.52. The minimum Gasteiger partial charge on any atom is -0.382 e. The zero-order valence-corrected chi connectivity index (χ0v) is 26.4. The zero-order valence-electron chi connectivity index (χ0n) is 26.4. The highest BCUT2D eigenvalue weighted by atomic mass is 16.5. The second kappa shape index (κ2) is 14.7. The maximum absolute atomic E-state index is 13.6. The van der Waals surface area contributed by atoms with Gasteiger partial charge in [-0.1, -0.05) is 75.4 Å². The number of anilines is 1. The van der Waals surface area contributed by atoms with Gasteiger partial charge in [0.15, 0.2) is 11.6 Å². The number of ether oxygens (including phenoxy) is 1. The van der Waals surface area contributed by atoms with Gasteiger partial charge in [-0.15, -0.1) is 0 Å². The molecule has 1 aliphatic rings. The lowest BCUT2D eigenvalue weighted by atomic mass is 9.80. The fourth-order valence-corrected chi connectivity index (χ4v) is 5.26. The number of rotatable bonds is 10. The van der Waals surface area contributed by atoms with Crippen molar-refractivity contribution in [2.45, 2.75) is 64.5 Å². The molecule has 1 aliphatic heterocycles. The summed E-state index contributed by atoms with van der Waals surface area (Å²) in [6.07, 6.45) is 1.47. The molecular formula is C36H48N2O4. The van der Waals surface area contributed by atoms with Crippen molar-refractivity contribution < 1.29 is 19.4 Å². The number of hydrogen-bond acceptors (Lipinski definition) is 6. The molecule has 3 aromatic carbocycles. The molecule has 1 atom stereocenters. The van der Waals surface area contributed by atoms with Gasteiger partial charge in [0.2, 0.25) is 0 Å². The van der Waals surface area contributed by atoms with Crippen molar-refractivity contribution in [3.05, 3.63) is 101 Å². The van der Waals surface area contributed by atoms with Crippen LogP contribution in [-0.2, 0) is 11.2 Å². The van der Waals surface area contributed by atoms with Gasteiger partial charge >= 0.3 is 0 Å². The van der Waals surface area contributed by atoms with E-state index >= 15 is 0 Å². The third-order valence-corrected chi connectivity index (χ3v) is 8.10. The maximum Gasteiger partial charge on any atom is 0.193 e. The van der Waals surface area contributed by atoms with E-state index in [4.69, 9.17) is 4.74 Å². The van der Waals surface area contributed by atoms with Crippen LogP contribution in [0.15, 0.2) is 78.9 Å². The minimum atomic E-state index is -1.29. The second-order valence-corrected chi connectivity index (χ2v) is 12.1. The van der Waals surface area contributed by atoms with Crippen molar-refractivity contribution in [2.24, 2.45) is 0 Å². The van der Waals surface area contributed by atoms with E-state index < -0.39 is 11.1 Å². The molecule has 3 aromatic rings. The van der Waals surface area contributed by atoms with Gasteiger partial charge in [-0.2, -0.15) is 0 Å². The molecule has 0 amide bonds. The number of carbonyl (C=O) groups excluding carboxylic acids is 2. The first-order valence-electron chi connectivity index (χ1n) is 14.9. The smallest absolute Gasteiger partial charge is 0.193 e. The number of nitrogens with zero attached hydrogens (tertiary/aromatic N) is 2. The van der Waals surface area contributed by atoms with Crippen molar-refractivity contribution in [1.82, 2.24) is 4.90 Å². The number of ketones is 2. The molecule has 6 nitrogen and oxygen atoms in total. The standard InChI is InChI=1S/C23H30N2O2.C13H18O2/c1-4-23(24(2)3,18-19-8-6-5-7-9-19)22(26)20-10-12-21(13-11-20)25-14-16-27-17-15-25;1-9(2)10-5-7-11(8-6-10)12(14)13(3,4)15/h5-13H,4,14-18H2,1-3H3;5-9,15H,1-4H3. The van der Waals surface area contributed by atoms with Gasteiger partial charge in [0, 0.05) is 29.9 Å². The number of aliphatic hydroxyl groups is 1. The number of hydrogen-bond donors (Lipinski definition) is 1. The molecule has 42 heavy (non-hydrogen) atoms. The van der Waals surface area contributed by atoms with Crippen LogP contribution in [0.25, 0.3) is 0 Å². The summed E-state index contributed by atoms with van der Waals surface area (Å²) in [6.45, 7) is 12.6. The van der Waals surface area contributed by atoms with Gasteiger partial charge in [0.1, 0.15) is 5.60 Å². The van der Waals surface area contributed by atoms with E-state index in [0.29, 0.717) is 17.9 Å². The summed E-state index contributed by atoms with van der Waals surface area (Å²) >= 11 is 0. The largest absolute Gasteiger partial charge is 0.382 e. The molecule has 1 heterocycles. The molecule has 1 saturated heterocycles. The summed E-state index contributed by atoms with van der Waals surface area (Å²) in [5.74, 6) is 0.404. The van der Waals surface area contributed by atoms with E-state index in [2.05, 4.69) is 54.8 Å². The molecule has 0 radical (unpaired) electrons. The van der Waals surface area contributed by atoms with Gasteiger partial charge in [0.05, 0.1) is 18.8 Å². The first-order valence-corrected chi connectivity index (χ1v) is 14.9. The Labute approximate surface area is 252 Å². The number of carbonyl (C=O) groups is 2. The van der Waals surface area contributed by atoms with E-state index in [-0.39, 0.29) is 11.6 Å². The summed E-state index contributed by atoms with van der Waals surface area (Å²) < 4.78 is 5.42. The average molecular weight is 573 g/mol. The Hall–Kier alpha value is -3.32. The van der Waals surface area contributed by atoms with Crippen LogP contribution in [-0.4, -0.2) is 73.1 Å². The van der Waals surface area contributed by atoms with E-state index in [9.17, 15) is 14.7 Å². The van der Waals surface area contributed by atoms with Crippen molar-refractivity contribution in [3.63, 3.8) is 0 Å². The SMILES string of the molecule is CC(C)c1ccc(C(=O)C(C)(C)O)cc1.CCC(Cc1ccccc1)(C(=O)c1ccc(N2CCOCC2)cc1)N(C)C. The Bertz CT molecular complexity index is 1270. The molecular weight excluding hydrogens is 524 g/mol. The first-order chi connectivity index (χ1) is 19.9. The zero-order chi connectivity index (χ0) is 30.9. The van der Waals surface area contributed by atoms with Crippen LogP contribution in [0.5, 0.6) is 0 Å². The molecule has 0 aromatic heterocycles. The van der Waals surface area contributed by atoms with E-state index in [0.717, 1.165) is 44.0 Å². The summed E-state index contributed by atoms with van der Waals surface area (Å²) in [5, 5.41) is 9.57. The van der Waals surface area contributed by atoms with Gasteiger partial charge in [-0.25, -0.2) is 0 Å². The highest BCUT2D eigenvalue weighted by molar-refractivity contribution is 6.03. The van der Waals surface area contributed by atoms with Crippen LogP contribution < -0.4 is 4.90 Å². The Morgan fingerprint density at radius 1 is 0.857 bits per heavy atom. The fourth-order valence-electron chi connectivity index (χ4n) is 5.26. The summed E-state index contributed by atoms with van der Waals surface area (Å²) in [6, 6.07) is 25.8. The van der Waals surface area contributed by atoms with Crippen molar-refractivity contribution in [2.75, 3.05) is 45.3 Å². The van der Waals surface area contributed by atoms with Crippen LogP contribution in [0, 0.1) is 0 Å². The number of morpholine rings is 1. The van der Waals surface area contributed by atoms with Gasteiger partial charge < -0.3 is 14.7 Å². The topological polar surface area (TPSA) is 70.1 Å². The molecule has 226 valence electrons. The highest BCUT2D eigenvalue weighted by Gasteiger charge is 2.39. The van der Waals surface area contributed by atoms with Crippen molar-refractivity contribution in [1.29, 1.82) is 0 Å². The lowest BCUT2D eigenvalue weighted by molar-refractivity contribution is 0.0488. The third kappa shape index (κ3) is 8.37. The Balaban J connectivity index is 0.000000274. The summed E-state index contributed by atoms with van der Waals surface area (Å²) in [7, 11) is 4.01. The van der Waals surface area contributed by atoms with Crippen LogP contribution in [0.4, 0.5) is 5.69 Å². The Morgan fingerprint density at radius 3 is 1.86 bits per heavy atom. The van der Waals surface area contributed by atoms with E-state index in [1.165, 1.54) is 25.0 Å². The van der Waals surface area contributed by atoms with Crippen molar-refractivity contribution in [3.8, 4) is 0 Å². The lowest BCUT2D eigenvalue weighted by Gasteiger charge is -2.38. The Kier molecular flexibility index (Phi) is 11.6. The minimum absolute atomic E-state index is 0.187. The molecule has 1 N–H and O–H groups in total. The molecule has 0 spiro atoms. The monoisotopic (exact) mass is 572 g/mol. The average Bonchev–Trinajstić information content (AvgIpc) is 3.00. The molecule has 6 heteroatoms. The fraction of sp³-hybridized carbons (Fsp3) is 0.444. The quantitative estimate of drug-likeness (QED) is 0.283. The van der Waals surface area contributed by atoms with Gasteiger partial charge in [-0.3, -0.25) is 14.5 Å². The first kappa shape index (κ1) is 33.2. The predicted molar refractivity (Wildman–Crippen MR) is 172 cm³/mol. The molecule has 4 rings (SSSR count). The van der Waals surface area contributed by atoms with E-state index in [1.54, 1.807) is 12.1 Å². The normalized spacial score (nSPS) is 15.1. The van der Waals surface area contributed by atoms with Crippen LogP contribution in [0.1, 0.15) is 78.8 Å². The maximum atomic E-state index is 13.6. The second-order valence-electron chi connectivity index (χ2n) is 12.1. The molecule has 0 saturated carbocycles. The number of likely N-dealkylation sites (N-methyl/N-ethyl adjacent to an activating group) is 1. The molecule has 1 unspecified atom stereocenters. The predicted octanol–water partition coefficient (Wildman–Crippen LogP) is 6.42. The van der Waals surface area contributed by atoms with Crippen LogP contribution in [0.3, 0.4) is 0 Å². The highest BCUT2D eigenvalue weighted by Crippen LogP contribution is 2.29. The summed E-state index contributed by atoms with van der Waals surface area (Å²) in [5.41, 5.74) is 3.05. The molecule has 1 fully saturated rings. The van der Waals surface area contributed by atoms with E-state index in [1.807, 2.05) is 56.6 Å². The van der Waals surface area contributed by atoms with Gasteiger partial charge in [0.25, 0.3) is 0 Å². The third-order valence-electron chi connectivity index (χ3n) is 8.10. The number of benzene rings is 3. The van der Waals surface area contributed by atoms with Crippen LogP contribution >= 0.6 is 0 Å².